The monoisotopic (exact) mass is 592 g/mol. The summed E-state index contributed by atoms with van der Waals surface area (Å²) in [5, 5.41) is 15.1. The summed E-state index contributed by atoms with van der Waals surface area (Å²) < 4.78 is 7.33. The molecule has 0 amide bonds. The molecule has 3 heterocycles. The predicted molar refractivity (Wildman–Crippen MR) is 174 cm³/mol. The molecule has 2 aromatic carbocycles. The van der Waals surface area contributed by atoms with Crippen LogP contribution in [0.3, 0.4) is 0 Å². The fourth-order valence-electron chi connectivity index (χ4n) is 3.51. The molecular formula is C29H35B2N3O5S2. The number of carbonyl (C=O) groups is 2. The van der Waals surface area contributed by atoms with Gasteiger partial charge < -0.3 is 10.5 Å². The molecule has 214 valence electrons. The highest BCUT2D eigenvalue weighted by Crippen LogP contribution is 2.45. The van der Waals surface area contributed by atoms with Crippen LogP contribution < -0.4 is 11.3 Å². The van der Waals surface area contributed by atoms with E-state index in [1.54, 1.807) is 30.4 Å². The van der Waals surface area contributed by atoms with Crippen LogP contribution in [-0.4, -0.2) is 46.3 Å². The minimum absolute atomic E-state index is 0.103. The van der Waals surface area contributed by atoms with Gasteiger partial charge in [-0.15, -0.1) is 22.7 Å². The van der Waals surface area contributed by atoms with Gasteiger partial charge in [0.2, 0.25) is 0 Å². The molecule has 0 bridgehead atoms. The number of aromatic carboxylic acids is 1. The SMILES string of the molecule is CC(=O)C(C)C.CC1=Nc2c(ccc3sccc23)C1(C)C.NNc1ccc(C(=O)O)c2sccc12.O=C=O.[2H][B].[B]C. The normalized spacial score (nSPS) is 11.9. The maximum absolute atomic E-state index is 10.9. The second kappa shape index (κ2) is 17.3. The summed E-state index contributed by atoms with van der Waals surface area (Å²) in [7, 11) is 8.25. The highest BCUT2D eigenvalue weighted by atomic mass is 32.1. The van der Waals surface area contributed by atoms with Crippen LogP contribution in [0, 0.1) is 5.92 Å². The molecule has 41 heavy (non-hydrogen) atoms. The number of hydrazine groups is 1. The lowest BCUT2D eigenvalue weighted by atomic mass is 9.82. The minimum Gasteiger partial charge on any atom is -0.478 e. The molecule has 4 aromatic rings. The maximum atomic E-state index is 10.9. The average molecular weight is 592 g/mol. The second-order valence-electron chi connectivity index (χ2n) is 9.24. The number of nitrogens with one attached hydrogen (secondary N) is 1. The van der Waals surface area contributed by atoms with E-state index in [0.29, 0.717) is 5.56 Å². The van der Waals surface area contributed by atoms with E-state index in [0.717, 1.165) is 15.8 Å². The Bertz CT molecular complexity index is 1530. The van der Waals surface area contributed by atoms with Crippen molar-refractivity contribution in [2.45, 2.75) is 53.8 Å². The number of nitrogens with zero attached hydrogens (tertiary/aromatic N) is 1. The Morgan fingerprint density at radius 3 is 2.12 bits per heavy atom. The zero-order chi connectivity index (χ0) is 32.6. The van der Waals surface area contributed by atoms with Gasteiger partial charge in [0.05, 0.1) is 29.5 Å². The van der Waals surface area contributed by atoms with Gasteiger partial charge in [-0.25, -0.2) is 4.79 Å². The Morgan fingerprint density at radius 1 is 1.07 bits per heavy atom. The lowest BCUT2D eigenvalue weighted by molar-refractivity contribution is -0.191. The number of carboxylic acid groups (broad SMARTS) is 1. The molecule has 0 fully saturated rings. The van der Waals surface area contributed by atoms with Crippen molar-refractivity contribution < 1.29 is 24.3 Å². The van der Waals surface area contributed by atoms with Gasteiger partial charge in [0.25, 0.3) is 0 Å². The van der Waals surface area contributed by atoms with Gasteiger partial charge >= 0.3 is 12.1 Å². The Morgan fingerprint density at radius 2 is 1.61 bits per heavy atom. The first-order chi connectivity index (χ1) is 19.9. The lowest BCUT2D eigenvalue weighted by Crippen LogP contribution is -2.22. The van der Waals surface area contributed by atoms with Crippen LogP contribution >= 0.6 is 22.7 Å². The van der Waals surface area contributed by atoms with E-state index in [1.807, 2.05) is 25.3 Å². The number of nitrogens with two attached hydrogens (primary N) is 1. The number of anilines is 1. The van der Waals surface area contributed by atoms with Gasteiger partial charge in [0.1, 0.15) is 5.78 Å². The molecule has 0 atom stereocenters. The molecule has 0 spiro atoms. The van der Waals surface area contributed by atoms with Crippen LogP contribution in [0.2, 0.25) is 6.82 Å². The second-order valence-corrected chi connectivity index (χ2v) is 11.1. The van der Waals surface area contributed by atoms with E-state index < -0.39 is 5.97 Å². The number of carbonyl (C=O) groups excluding carboxylic acids is 3. The van der Waals surface area contributed by atoms with Crippen LogP contribution in [0.1, 0.15) is 57.5 Å². The van der Waals surface area contributed by atoms with Crippen molar-refractivity contribution in [3.63, 3.8) is 0 Å². The predicted octanol–water partition coefficient (Wildman–Crippen LogP) is 6.37. The van der Waals surface area contributed by atoms with Crippen LogP contribution in [0.5, 0.6) is 0 Å². The van der Waals surface area contributed by atoms with E-state index in [2.05, 4.69) is 66.0 Å². The summed E-state index contributed by atoms with van der Waals surface area (Å²) in [5.74, 6) is 4.86. The number of benzene rings is 2. The number of ketones is 1. The highest BCUT2D eigenvalue weighted by molar-refractivity contribution is 7.17. The van der Waals surface area contributed by atoms with Crippen molar-refractivity contribution in [1.29, 1.82) is 1.34 Å². The van der Waals surface area contributed by atoms with Gasteiger partial charge in [-0.2, -0.15) is 9.59 Å². The molecule has 5 rings (SSSR count). The summed E-state index contributed by atoms with van der Waals surface area (Å²) in [5.41, 5.74) is 7.47. The van der Waals surface area contributed by atoms with E-state index in [1.165, 1.54) is 45.2 Å². The smallest absolute Gasteiger partial charge is 0.373 e. The maximum Gasteiger partial charge on any atom is 0.373 e. The molecule has 0 unspecified atom stereocenters. The van der Waals surface area contributed by atoms with Crippen LogP contribution in [0.4, 0.5) is 11.4 Å². The Labute approximate surface area is 253 Å². The molecule has 0 saturated carbocycles. The third-order valence-electron chi connectivity index (χ3n) is 6.28. The fourth-order valence-corrected chi connectivity index (χ4v) is 5.23. The Hall–Kier alpha value is -3.56. The van der Waals surface area contributed by atoms with E-state index in [-0.39, 0.29) is 23.3 Å². The first kappa shape index (κ1) is 35.5. The molecule has 8 nitrogen and oxygen atoms in total. The number of hydrogen-bond acceptors (Lipinski definition) is 9. The van der Waals surface area contributed by atoms with Crippen molar-refractivity contribution in [3.05, 3.63) is 58.3 Å². The number of Topliss-reactive ketones (excluding diaryl/α,β-unsaturated/α-hetero) is 1. The third kappa shape index (κ3) is 9.23. The van der Waals surface area contributed by atoms with Gasteiger partial charge in [-0.05, 0) is 61.8 Å². The van der Waals surface area contributed by atoms with Crippen LogP contribution in [0.15, 0.2) is 52.2 Å². The number of fused-ring (bicyclic) bond motifs is 4. The number of hydrogen-bond donors (Lipinski definition) is 3. The molecule has 12 heteroatoms. The summed E-state index contributed by atoms with van der Waals surface area (Å²) in [6.07, 6.45) is 0.250. The van der Waals surface area contributed by atoms with Crippen molar-refractivity contribution in [2.75, 3.05) is 5.43 Å². The van der Waals surface area contributed by atoms with Crippen molar-refractivity contribution >= 4 is 94.1 Å². The summed E-state index contributed by atoms with van der Waals surface area (Å²) in [6, 6.07) is 11.7. The quantitative estimate of drug-likeness (QED) is 0.143. The molecule has 1 aliphatic heterocycles. The van der Waals surface area contributed by atoms with Gasteiger partial charge in [-0.1, -0.05) is 40.6 Å². The first-order valence-corrected chi connectivity index (χ1v) is 14.0. The number of rotatable bonds is 3. The summed E-state index contributed by atoms with van der Waals surface area (Å²) >= 11 is 3.18. The number of aliphatic imine (C=N–C) groups is 1. The van der Waals surface area contributed by atoms with E-state index in [4.69, 9.17) is 26.9 Å². The lowest BCUT2D eigenvalue weighted by Gasteiger charge is -2.19. The molecule has 4 N–H and O–H groups in total. The minimum atomic E-state index is -0.916. The van der Waals surface area contributed by atoms with Crippen LogP contribution in [0.25, 0.3) is 20.2 Å². The zero-order valence-corrected chi connectivity index (χ0v) is 25.9. The van der Waals surface area contributed by atoms with Crippen molar-refractivity contribution in [1.82, 2.24) is 0 Å². The summed E-state index contributed by atoms with van der Waals surface area (Å²) in [4.78, 5) is 42.0. The third-order valence-corrected chi connectivity index (χ3v) is 8.11. The molecule has 0 saturated heterocycles. The number of carboxylic acids is 1. The number of thiophene rings is 2. The topological polar surface area (TPSA) is 139 Å². The average Bonchev–Trinajstić information content (AvgIpc) is 3.70. The summed E-state index contributed by atoms with van der Waals surface area (Å²) in [6.45, 7) is 13.5. The fraction of sp³-hybridized carbons (Fsp3) is 0.310. The molecular weight excluding hydrogens is 556 g/mol. The molecule has 2 aromatic heterocycles. The van der Waals surface area contributed by atoms with Crippen molar-refractivity contribution in [2.24, 2.45) is 16.8 Å². The Kier molecular flexibility index (Phi) is 15.0. The largest absolute Gasteiger partial charge is 0.478 e. The van der Waals surface area contributed by atoms with Gasteiger partial charge in [-0.3, -0.25) is 15.6 Å². The molecule has 0 aliphatic carbocycles. The number of nitrogen functional groups attached to an aromatic ring is 1. The highest BCUT2D eigenvalue weighted by Gasteiger charge is 2.33. The van der Waals surface area contributed by atoms with Crippen LogP contribution in [-0.2, 0) is 19.8 Å². The molecule has 1 aliphatic rings. The van der Waals surface area contributed by atoms with Gasteiger partial charge in [0, 0.05) is 40.9 Å². The van der Waals surface area contributed by atoms with Crippen molar-refractivity contribution in [3.8, 4) is 0 Å². The first-order valence-electron chi connectivity index (χ1n) is 12.8. The van der Waals surface area contributed by atoms with E-state index in [9.17, 15) is 9.59 Å². The van der Waals surface area contributed by atoms with E-state index >= 15 is 0 Å². The Balaban J connectivity index is 0.000000576. The molecule has 4 radical (unpaired) electrons. The zero-order valence-electron chi connectivity index (χ0n) is 25.3. The van der Waals surface area contributed by atoms with Gasteiger partial charge in [0.15, 0.2) is 0 Å². The standard InChI is InChI=1S/C13H13NS.C9H8N2O2S.C5H10O.CH3B.CO2.BH/c1-8-13(2,3)10-4-5-11-9(6-7-15-11)12(10)14-8;10-11-7-2-1-6(9(12)13)8-5(7)3-4-14-8;1-4(2)5(3)6;1-2;2-1-3;/h4-7H,1-3H3;1-4,11H,10H2,(H,12,13);4H,1-3H3;1H3;;1H/i;;;;;1D.